The quantitative estimate of drug-likeness (QED) is 0.795. The standard InChI is InChI=1S/C12H11N3S/c1-3-9-8(2)14-12(15-10(9)7-13)11-5-4-6-16-11/h4-6H,3H2,1-2H3. The molecule has 0 aliphatic carbocycles. The third-order valence-electron chi connectivity index (χ3n) is 2.41. The summed E-state index contributed by atoms with van der Waals surface area (Å²) in [5.41, 5.74) is 2.35. The van der Waals surface area contributed by atoms with Crippen LogP contribution in [0.1, 0.15) is 23.9 Å². The first-order chi connectivity index (χ1) is 7.76. The molecule has 0 aliphatic rings. The highest BCUT2D eigenvalue weighted by atomic mass is 32.1. The van der Waals surface area contributed by atoms with Gasteiger partial charge in [-0.05, 0) is 24.8 Å². The Morgan fingerprint density at radius 1 is 1.44 bits per heavy atom. The smallest absolute Gasteiger partial charge is 0.170 e. The van der Waals surface area contributed by atoms with E-state index in [0.717, 1.165) is 22.6 Å². The first-order valence-corrected chi connectivity index (χ1v) is 5.95. The molecule has 0 amide bonds. The van der Waals surface area contributed by atoms with Crippen LogP contribution >= 0.6 is 11.3 Å². The van der Waals surface area contributed by atoms with Crippen LogP contribution in [0.15, 0.2) is 17.5 Å². The molecule has 0 fully saturated rings. The Kier molecular flexibility index (Phi) is 2.97. The highest BCUT2D eigenvalue weighted by Crippen LogP contribution is 2.23. The lowest BCUT2D eigenvalue weighted by atomic mass is 10.1. The van der Waals surface area contributed by atoms with Crippen molar-refractivity contribution in [2.24, 2.45) is 0 Å². The van der Waals surface area contributed by atoms with Crippen molar-refractivity contribution in [3.05, 3.63) is 34.5 Å². The van der Waals surface area contributed by atoms with Crippen molar-refractivity contribution >= 4 is 11.3 Å². The molecule has 0 saturated carbocycles. The topological polar surface area (TPSA) is 49.6 Å². The molecule has 0 saturated heterocycles. The zero-order valence-corrected chi connectivity index (χ0v) is 10.0. The number of nitriles is 1. The predicted octanol–water partition coefficient (Wildman–Crippen LogP) is 2.95. The van der Waals surface area contributed by atoms with Crippen LogP contribution in [0.4, 0.5) is 0 Å². The zero-order valence-electron chi connectivity index (χ0n) is 9.19. The van der Waals surface area contributed by atoms with E-state index < -0.39 is 0 Å². The first-order valence-electron chi connectivity index (χ1n) is 5.07. The van der Waals surface area contributed by atoms with Crippen molar-refractivity contribution in [1.29, 1.82) is 5.26 Å². The second kappa shape index (κ2) is 4.42. The Bertz CT molecular complexity index is 538. The normalized spacial score (nSPS) is 10.1. The summed E-state index contributed by atoms with van der Waals surface area (Å²) in [6.45, 7) is 3.94. The Morgan fingerprint density at radius 2 is 2.25 bits per heavy atom. The van der Waals surface area contributed by atoms with Crippen LogP contribution in [-0.4, -0.2) is 9.97 Å². The molecule has 0 aliphatic heterocycles. The van der Waals surface area contributed by atoms with Crippen LogP contribution in [0, 0.1) is 18.3 Å². The predicted molar refractivity (Wildman–Crippen MR) is 64.2 cm³/mol. The monoisotopic (exact) mass is 229 g/mol. The minimum Gasteiger partial charge on any atom is -0.232 e. The molecule has 0 unspecified atom stereocenters. The molecular weight excluding hydrogens is 218 g/mol. The average Bonchev–Trinajstić information content (AvgIpc) is 2.81. The van der Waals surface area contributed by atoms with E-state index in [1.807, 2.05) is 31.4 Å². The van der Waals surface area contributed by atoms with Gasteiger partial charge in [0.25, 0.3) is 0 Å². The van der Waals surface area contributed by atoms with Gasteiger partial charge in [-0.2, -0.15) is 5.26 Å². The van der Waals surface area contributed by atoms with Crippen molar-refractivity contribution in [2.45, 2.75) is 20.3 Å². The van der Waals surface area contributed by atoms with E-state index in [1.54, 1.807) is 11.3 Å². The number of hydrogen-bond acceptors (Lipinski definition) is 4. The second-order valence-electron chi connectivity index (χ2n) is 3.40. The molecule has 2 aromatic heterocycles. The van der Waals surface area contributed by atoms with Gasteiger partial charge in [0.15, 0.2) is 5.82 Å². The Balaban J connectivity index is 2.60. The summed E-state index contributed by atoms with van der Waals surface area (Å²) in [4.78, 5) is 9.75. The van der Waals surface area contributed by atoms with Crippen molar-refractivity contribution in [2.75, 3.05) is 0 Å². The number of aryl methyl sites for hydroxylation is 1. The van der Waals surface area contributed by atoms with E-state index in [9.17, 15) is 0 Å². The fourth-order valence-corrected chi connectivity index (χ4v) is 2.29. The Morgan fingerprint density at radius 3 is 2.81 bits per heavy atom. The van der Waals surface area contributed by atoms with Gasteiger partial charge >= 0.3 is 0 Å². The van der Waals surface area contributed by atoms with E-state index in [4.69, 9.17) is 5.26 Å². The summed E-state index contributed by atoms with van der Waals surface area (Å²) in [5, 5.41) is 11.0. The molecule has 0 spiro atoms. The molecule has 2 aromatic rings. The molecule has 0 aromatic carbocycles. The maximum Gasteiger partial charge on any atom is 0.170 e. The van der Waals surface area contributed by atoms with Crippen molar-refractivity contribution in [3.63, 3.8) is 0 Å². The number of rotatable bonds is 2. The molecule has 16 heavy (non-hydrogen) atoms. The molecule has 0 N–H and O–H groups in total. The van der Waals surface area contributed by atoms with Crippen molar-refractivity contribution in [3.8, 4) is 16.8 Å². The van der Waals surface area contributed by atoms with Gasteiger partial charge < -0.3 is 0 Å². The van der Waals surface area contributed by atoms with Crippen LogP contribution in [0.2, 0.25) is 0 Å². The van der Waals surface area contributed by atoms with E-state index in [2.05, 4.69) is 16.0 Å². The van der Waals surface area contributed by atoms with Crippen LogP contribution in [0.5, 0.6) is 0 Å². The number of thiophene rings is 1. The van der Waals surface area contributed by atoms with Crippen LogP contribution in [0.3, 0.4) is 0 Å². The summed E-state index contributed by atoms with van der Waals surface area (Å²) >= 11 is 1.58. The molecule has 2 heterocycles. The third-order valence-corrected chi connectivity index (χ3v) is 3.28. The van der Waals surface area contributed by atoms with Gasteiger partial charge in [-0.25, -0.2) is 9.97 Å². The summed E-state index contributed by atoms with van der Waals surface area (Å²) in [5.74, 6) is 0.654. The SMILES string of the molecule is CCc1c(C)nc(-c2cccs2)nc1C#N. The molecule has 4 heteroatoms. The Labute approximate surface area is 98.4 Å². The van der Waals surface area contributed by atoms with Gasteiger partial charge in [0, 0.05) is 11.3 Å². The maximum absolute atomic E-state index is 9.06. The number of aromatic nitrogens is 2. The number of nitrogens with zero attached hydrogens (tertiary/aromatic N) is 3. The minimum absolute atomic E-state index is 0.499. The maximum atomic E-state index is 9.06. The van der Waals surface area contributed by atoms with Crippen molar-refractivity contribution < 1.29 is 0 Å². The summed E-state index contributed by atoms with van der Waals surface area (Å²) < 4.78 is 0. The molecule has 0 bridgehead atoms. The first kappa shape index (κ1) is 10.8. The molecule has 2 rings (SSSR count). The average molecular weight is 229 g/mol. The second-order valence-corrected chi connectivity index (χ2v) is 4.35. The van der Waals surface area contributed by atoms with Gasteiger partial charge in [0.05, 0.1) is 4.88 Å². The van der Waals surface area contributed by atoms with Gasteiger partial charge in [-0.3, -0.25) is 0 Å². The van der Waals surface area contributed by atoms with Crippen LogP contribution in [0.25, 0.3) is 10.7 Å². The summed E-state index contributed by atoms with van der Waals surface area (Å²) in [7, 11) is 0. The molecule has 0 radical (unpaired) electrons. The molecular formula is C12H11N3S. The van der Waals surface area contributed by atoms with Gasteiger partial charge in [0.1, 0.15) is 11.8 Å². The van der Waals surface area contributed by atoms with E-state index in [-0.39, 0.29) is 0 Å². The highest BCUT2D eigenvalue weighted by molar-refractivity contribution is 7.13. The van der Waals surface area contributed by atoms with Crippen LogP contribution in [-0.2, 0) is 6.42 Å². The lowest BCUT2D eigenvalue weighted by Gasteiger charge is -2.06. The highest BCUT2D eigenvalue weighted by Gasteiger charge is 2.11. The minimum atomic E-state index is 0.499. The van der Waals surface area contributed by atoms with Gasteiger partial charge in [-0.15, -0.1) is 11.3 Å². The van der Waals surface area contributed by atoms with E-state index >= 15 is 0 Å². The fraction of sp³-hybridized carbons (Fsp3) is 0.250. The van der Waals surface area contributed by atoms with Crippen molar-refractivity contribution in [1.82, 2.24) is 9.97 Å². The third kappa shape index (κ3) is 1.82. The molecule has 80 valence electrons. The zero-order chi connectivity index (χ0) is 11.5. The lowest BCUT2D eigenvalue weighted by Crippen LogP contribution is -2.01. The Hall–Kier alpha value is -1.73. The van der Waals surface area contributed by atoms with Crippen LogP contribution < -0.4 is 0 Å². The molecule has 0 atom stereocenters. The lowest BCUT2D eigenvalue weighted by molar-refractivity contribution is 0.987. The van der Waals surface area contributed by atoms with Gasteiger partial charge in [-0.1, -0.05) is 13.0 Å². The summed E-state index contributed by atoms with van der Waals surface area (Å²) in [6, 6.07) is 6.06. The summed E-state index contributed by atoms with van der Waals surface area (Å²) in [6.07, 6.45) is 0.791. The molecule has 3 nitrogen and oxygen atoms in total. The largest absolute Gasteiger partial charge is 0.232 e. The van der Waals surface area contributed by atoms with Gasteiger partial charge in [0.2, 0.25) is 0 Å². The fourth-order valence-electron chi connectivity index (χ4n) is 1.63. The van der Waals surface area contributed by atoms with E-state index in [1.165, 1.54) is 0 Å². The van der Waals surface area contributed by atoms with E-state index in [0.29, 0.717) is 11.5 Å². The number of hydrogen-bond donors (Lipinski definition) is 0.